The van der Waals surface area contributed by atoms with E-state index in [0.717, 1.165) is 42.7 Å². The molecule has 0 bridgehead atoms. The first-order valence-corrected chi connectivity index (χ1v) is 7.95. The van der Waals surface area contributed by atoms with Gasteiger partial charge in [-0.1, -0.05) is 19.3 Å². The van der Waals surface area contributed by atoms with E-state index in [0.29, 0.717) is 0 Å². The molecule has 1 N–H and O–H groups in total. The first-order chi connectivity index (χ1) is 9.76. The van der Waals surface area contributed by atoms with E-state index >= 15 is 0 Å². The summed E-state index contributed by atoms with van der Waals surface area (Å²) in [5.74, 6) is 1.64. The van der Waals surface area contributed by atoms with Gasteiger partial charge in [-0.3, -0.25) is 0 Å². The number of nitrogens with zero attached hydrogens (tertiary/aromatic N) is 1. The molecular weight excluding hydrogens is 251 g/mol. The topological polar surface area (TPSA) is 15.3 Å². The predicted molar refractivity (Wildman–Crippen MR) is 81.4 cm³/mol. The molecule has 1 aliphatic heterocycles. The zero-order chi connectivity index (χ0) is 13.9. The lowest BCUT2D eigenvalue weighted by atomic mass is 9.75. The van der Waals surface area contributed by atoms with E-state index in [1.165, 1.54) is 32.1 Å². The van der Waals surface area contributed by atoms with Crippen molar-refractivity contribution in [2.24, 2.45) is 11.8 Å². The van der Waals surface area contributed by atoms with Gasteiger partial charge in [0.15, 0.2) is 0 Å². The molecule has 3 heteroatoms. The number of hydrogen-bond donors (Lipinski definition) is 1. The molecule has 1 aromatic carbocycles. The van der Waals surface area contributed by atoms with Gasteiger partial charge >= 0.3 is 0 Å². The molecule has 2 unspecified atom stereocenters. The molecule has 0 aromatic heterocycles. The molecule has 1 saturated heterocycles. The highest BCUT2D eigenvalue weighted by Crippen LogP contribution is 2.37. The normalized spacial score (nSPS) is 26.4. The second kappa shape index (κ2) is 6.13. The third-order valence-corrected chi connectivity index (χ3v) is 4.98. The van der Waals surface area contributed by atoms with Crippen molar-refractivity contribution >= 4 is 5.69 Å². The number of rotatable bonds is 3. The van der Waals surface area contributed by atoms with Crippen LogP contribution >= 0.6 is 0 Å². The number of nitrogens with one attached hydrogen (secondary N) is 1. The number of anilines is 1. The lowest BCUT2D eigenvalue weighted by Gasteiger charge is -2.42. The molecule has 110 valence electrons. The van der Waals surface area contributed by atoms with Crippen LogP contribution in [0.2, 0.25) is 0 Å². The fraction of sp³-hybridized carbons (Fsp3) is 0.647. The summed E-state index contributed by atoms with van der Waals surface area (Å²) in [7, 11) is 1.90. The maximum Gasteiger partial charge on any atom is 0.125 e. The van der Waals surface area contributed by atoms with Crippen molar-refractivity contribution in [2.45, 2.75) is 38.6 Å². The van der Waals surface area contributed by atoms with Crippen molar-refractivity contribution in [3.8, 4) is 0 Å². The van der Waals surface area contributed by atoms with Crippen LogP contribution in [0.25, 0.3) is 0 Å². The fourth-order valence-corrected chi connectivity index (χ4v) is 3.96. The Labute approximate surface area is 121 Å². The molecule has 0 spiro atoms. The molecule has 0 amide bonds. The Balaban J connectivity index is 1.75. The quantitative estimate of drug-likeness (QED) is 0.908. The van der Waals surface area contributed by atoms with Crippen LogP contribution in [0.4, 0.5) is 10.1 Å². The van der Waals surface area contributed by atoms with Gasteiger partial charge in [0, 0.05) is 25.3 Å². The SMILES string of the molecule is CNCc1cc(F)cc(N2CCC3CCCCC3C2)c1. The zero-order valence-electron chi connectivity index (χ0n) is 12.4. The third kappa shape index (κ3) is 2.98. The highest BCUT2D eigenvalue weighted by Gasteiger charge is 2.31. The van der Waals surface area contributed by atoms with Crippen LogP contribution in [-0.4, -0.2) is 20.1 Å². The first kappa shape index (κ1) is 13.9. The van der Waals surface area contributed by atoms with Crippen LogP contribution in [-0.2, 0) is 6.54 Å². The Morgan fingerprint density at radius 2 is 1.95 bits per heavy atom. The van der Waals surface area contributed by atoms with Crippen molar-refractivity contribution in [3.05, 3.63) is 29.6 Å². The number of halogens is 1. The maximum atomic E-state index is 13.8. The standard InChI is InChI=1S/C17H25FN2/c1-19-11-13-8-16(18)10-17(9-13)20-7-6-14-4-2-3-5-15(14)12-20/h8-10,14-15,19H,2-7,11-12H2,1H3. The van der Waals surface area contributed by atoms with Crippen LogP contribution in [0.3, 0.4) is 0 Å². The Kier molecular flexibility index (Phi) is 4.25. The fourth-order valence-electron chi connectivity index (χ4n) is 3.96. The third-order valence-electron chi connectivity index (χ3n) is 4.98. The summed E-state index contributed by atoms with van der Waals surface area (Å²) in [6, 6.07) is 5.47. The van der Waals surface area contributed by atoms with Crippen molar-refractivity contribution < 1.29 is 4.39 Å². The van der Waals surface area contributed by atoms with Gasteiger partial charge in [0.25, 0.3) is 0 Å². The summed E-state index contributed by atoms with van der Waals surface area (Å²) in [5, 5.41) is 3.10. The van der Waals surface area contributed by atoms with Crippen molar-refractivity contribution in [1.29, 1.82) is 0 Å². The van der Waals surface area contributed by atoms with Gasteiger partial charge in [-0.05, 0) is 55.5 Å². The van der Waals surface area contributed by atoms with E-state index in [1.807, 2.05) is 7.05 Å². The Hall–Kier alpha value is -1.09. The minimum atomic E-state index is -0.112. The summed E-state index contributed by atoms with van der Waals surface area (Å²) in [6.45, 7) is 2.93. The maximum absolute atomic E-state index is 13.8. The van der Waals surface area contributed by atoms with Crippen molar-refractivity contribution in [2.75, 3.05) is 25.0 Å². The molecule has 2 fully saturated rings. The van der Waals surface area contributed by atoms with Crippen molar-refractivity contribution in [3.63, 3.8) is 0 Å². The highest BCUT2D eigenvalue weighted by molar-refractivity contribution is 5.49. The summed E-state index contributed by atoms with van der Waals surface area (Å²) < 4.78 is 13.8. The molecule has 2 aliphatic rings. The first-order valence-electron chi connectivity index (χ1n) is 7.95. The van der Waals surface area contributed by atoms with Gasteiger partial charge in [-0.25, -0.2) is 4.39 Å². The minimum Gasteiger partial charge on any atom is -0.371 e. The van der Waals surface area contributed by atoms with Gasteiger partial charge in [0.1, 0.15) is 5.82 Å². The number of fused-ring (bicyclic) bond motifs is 1. The average molecular weight is 276 g/mol. The molecule has 1 saturated carbocycles. The van der Waals surface area contributed by atoms with E-state index in [4.69, 9.17) is 0 Å². The van der Waals surface area contributed by atoms with E-state index < -0.39 is 0 Å². The molecule has 2 nitrogen and oxygen atoms in total. The van der Waals surface area contributed by atoms with E-state index in [9.17, 15) is 4.39 Å². The minimum absolute atomic E-state index is 0.112. The van der Waals surface area contributed by atoms with E-state index in [1.54, 1.807) is 12.1 Å². The Morgan fingerprint density at radius 1 is 1.15 bits per heavy atom. The Bertz CT molecular complexity index is 460. The van der Waals surface area contributed by atoms with Gasteiger partial charge in [-0.15, -0.1) is 0 Å². The summed E-state index contributed by atoms with van der Waals surface area (Å²) in [5.41, 5.74) is 2.10. The Morgan fingerprint density at radius 3 is 2.75 bits per heavy atom. The number of benzene rings is 1. The van der Waals surface area contributed by atoms with Crippen LogP contribution in [0.5, 0.6) is 0 Å². The van der Waals surface area contributed by atoms with E-state index in [2.05, 4.69) is 16.3 Å². The lowest BCUT2D eigenvalue weighted by molar-refractivity contribution is 0.202. The predicted octanol–water partition coefficient (Wildman–Crippen LogP) is 3.56. The second-order valence-corrected chi connectivity index (χ2v) is 6.39. The van der Waals surface area contributed by atoms with Crippen LogP contribution < -0.4 is 10.2 Å². The van der Waals surface area contributed by atoms with Gasteiger partial charge in [0.05, 0.1) is 0 Å². The smallest absolute Gasteiger partial charge is 0.125 e. The summed E-state index contributed by atoms with van der Waals surface area (Å²) in [4.78, 5) is 2.40. The molecule has 1 heterocycles. The molecule has 0 radical (unpaired) electrons. The number of hydrogen-bond acceptors (Lipinski definition) is 2. The monoisotopic (exact) mass is 276 g/mol. The van der Waals surface area contributed by atoms with Crippen LogP contribution in [0.15, 0.2) is 18.2 Å². The molecule has 2 atom stereocenters. The molecule has 3 rings (SSSR count). The van der Waals surface area contributed by atoms with Gasteiger partial charge in [0.2, 0.25) is 0 Å². The average Bonchev–Trinajstić information content (AvgIpc) is 2.46. The van der Waals surface area contributed by atoms with E-state index in [-0.39, 0.29) is 5.82 Å². The zero-order valence-corrected chi connectivity index (χ0v) is 12.4. The summed E-state index contributed by atoms with van der Waals surface area (Å²) >= 11 is 0. The summed E-state index contributed by atoms with van der Waals surface area (Å²) in [6.07, 6.45) is 6.84. The number of piperidine rings is 1. The van der Waals surface area contributed by atoms with Crippen LogP contribution in [0.1, 0.15) is 37.7 Å². The second-order valence-electron chi connectivity index (χ2n) is 6.39. The molecule has 1 aliphatic carbocycles. The van der Waals surface area contributed by atoms with Gasteiger partial charge in [-0.2, -0.15) is 0 Å². The van der Waals surface area contributed by atoms with Crippen LogP contribution in [0, 0.1) is 17.7 Å². The molecule has 1 aromatic rings. The molecule has 20 heavy (non-hydrogen) atoms. The van der Waals surface area contributed by atoms with Gasteiger partial charge < -0.3 is 10.2 Å². The molecular formula is C17H25FN2. The largest absolute Gasteiger partial charge is 0.371 e. The highest BCUT2D eigenvalue weighted by atomic mass is 19.1. The lowest BCUT2D eigenvalue weighted by Crippen LogP contribution is -2.41. The van der Waals surface area contributed by atoms with Crippen molar-refractivity contribution in [1.82, 2.24) is 5.32 Å².